The number of carbonyl (C=O) groups is 3. The van der Waals surface area contributed by atoms with Crippen LogP contribution in [0, 0.1) is 5.92 Å². The van der Waals surface area contributed by atoms with E-state index in [2.05, 4.69) is 26.1 Å². The minimum Gasteiger partial charge on any atom is -0.341 e. The number of benzene rings is 1. The molecule has 0 saturated carbocycles. The number of rotatable bonds is 5. The highest BCUT2D eigenvalue weighted by molar-refractivity contribution is 6.06. The van der Waals surface area contributed by atoms with Gasteiger partial charge in [0.2, 0.25) is 23.7 Å². The molecule has 3 amide bonds. The number of hydrogen-bond donors (Lipinski definition) is 4. The van der Waals surface area contributed by atoms with E-state index < -0.39 is 6.04 Å². The Morgan fingerprint density at radius 1 is 1.05 bits per heavy atom. The second-order valence-corrected chi connectivity index (χ2v) is 10.1. The number of aromatic nitrogens is 2. The normalized spacial score (nSPS) is 21.8. The van der Waals surface area contributed by atoms with Crippen molar-refractivity contribution in [3.8, 4) is 0 Å². The van der Waals surface area contributed by atoms with Crippen LogP contribution in [0.1, 0.15) is 44.9 Å². The van der Waals surface area contributed by atoms with Gasteiger partial charge in [0.25, 0.3) is 0 Å². The van der Waals surface area contributed by atoms with Gasteiger partial charge in [0.15, 0.2) is 0 Å². The van der Waals surface area contributed by atoms with Gasteiger partial charge in [-0.3, -0.25) is 24.8 Å². The summed E-state index contributed by atoms with van der Waals surface area (Å²) in [7, 11) is 0. The third-order valence-corrected chi connectivity index (χ3v) is 7.48. The molecule has 1 atom stereocenters. The lowest BCUT2D eigenvalue weighted by Gasteiger charge is -2.26. The number of nitrogens with zero attached hydrogens (tertiary/aromatic N) is 4. The number of guanidine groups is 1. The van der Waals surface area contributed by atoms with E-state index >= 15 is 0 Å². The second kappa shape index (κ2) is 11.7. The number of aliphatic imine (C=N–C) groups is 1. The Morgan fingerprint density at radius 3 is 2.65 bits per heavy atom. The molecule has 0 spiro atoms. The molecule has 37 heavy (non-hydrogen) atoms. The van der Waals surface area contributed by atoms with Crippen molar-refractivity contribution in [3.05, 3.63) is 24.4 Å². The predicted octanol–water partition coefficient (Wildman–Crippen LogP) is 1.45. The summed E-state index contributed by atoms with van der Waals surface area (Å²) in [6.45, 7) is 3.77. The molecular weight excluding hydrogens is 472 g/mol. The summed E-state index contributed by atoms with van der Waals surface area (Å²) in [6, 6.07) is 5.04. The fourth-order valence-electron chi connectivity index (χ4n) is 5.30. The zero-order valence-corrected chi connectivity index (χ0v) is 21.2. The molecule has 3 aliphatic rings. The minimum atomic E-state index is -0.666. The van der Waals surface area contributed by atoms with Crippen LogP contribution >= 0.6 is 0 Å². The highest BCUT2D eigenvalue weighted by atomic mass is 16.2. The Hall–Kier alpha value is -3.47. The van der Waals surface area contributed by atoms with Gasteiger partial charge in [0.1, 0.15) is 6.04 Å². The summed E-state index contributed by atoms with van der Waals surface area (Å²) in [5, 5.41) is 17.5. The molecule has 3 fully saturated rings. The van der Waals surface area contributed by atoms with Gasteiger partial charge in [-0.2, -0.15) is 5.10 Å². The third kappa shape index (κ3) is 6.27. The number of nitrogens with one attached hydrogen (secondary N) is 4. The van der Waals surface area contributed by atoms with Crippen molar-refractivity contribution >= 4 is 40.3 Å². The molecule has 0 bridgehead atoms. The molecule has 1 aromatic carbocycles. The number of piperidine rings is 1. The Morgan fingerprint density at radius 2 is 1.84 bits per heavy atom. The average Bonchev–Trinajstić information content (AvgIpc) is 3.59. The number of likely N-dealkylation sites (tertiary alicyclic amines) is 2. The van der Waals surface area contributed by atoms with Gasteiger partial charge in [-0.15, -0.1) is 0 Å². The van der Waals surface area contributed by atoms with Crippen molar-refractivity contribution in [2.45, 2.75) is 51.0 Å². The third-order valence-electron chi connectivity index (χ3n) is 7.48. The SMILES string of the molecule is O=C(NC(=N[C@H]1CCCCN(CC(=O)N2CCCC2)C1=O)Nc1ccc2cn[nH]c2c1)C1CCNCC1. The smallest absolute Gasteiger partial charge is 0.247 e. The summed E-state index contributed by atoms with van der Waals surface area (Å²) in [6.07, 6.45) is 7.51. The lowest BCUT2D eigenvalue weighted by atomic mass is 9.97. The van der Waals surface area contributed by atoms with E-state index in [1.165, 1.54) is 0 Å². The van der Waals surface area contributed by atoms with E-state index in [0.717, 1.165) is 81.3 Å². The molecule has 0 unspecified atom stereocenters. The summed E-state index contributed by atoms with van der Waals surface area (Å²) in [5.41, 5.74) is 1.58. The predicted molar refractivity (Wildman–Crippen MR) is 141 cm³/mol. The van der Waals surface area contributed by atoms with Gasteiger partial charge in [-0.05, 0) is 76.2 Å². The van der Waals surface area contributed by atoms with Crippen molar-refractivity contribution in [1.29, 1.82) is 0 Å². The Labute approximate surface area is 216 Å². The maximum Gasteiger partial charge on any atom is 0.247 e. The number of amides is 3. The van der Waals surface area contributed by atoms with Gasteiger partial charge < -0.3 is 20.4 Å². The van der Waals surface area contributed by atoms with Gasteiger partial charge in [-0.25, -0.2) is 4.99 Å². The fourth-order valence-corrected chi connectivity index (χ4v) is 5.30. The van der Waals surface area contributed by atoms with E-state index in [1.54, 1.807) is 11.1 Å². The van der Waals surface area contributed by atoms with Gasteiger partial charge in [0, 0.05) is 36.6 Å². The van der Waals surface area contributed by atoms with Crippen LogP contribution in [0.3, 0.4) is 0 Å². The first-order chi connectivity index (χ1) is 18.1. The summed E-state index contributed by atoms with van der Waals surface area (Å²) < 4.78 is 0. The van der Waals surface area contributed by atoms with Gasteiger partial charge in [-0.1, -0.05) is 0 Å². The largest absolute Gasteiger partial charge is 0.341 e. The van der Waals surface area contributed by atoms with E-state index in [-0.39, 0.29) is 36.1 Å². The highest BCUT2D eigenvalue weighted by Gasteiger charge is 2.31. The number of H-pyrrole nitrogens is 1. The molecule has 11 nitrogen and oxygen atoms in total. The summed E-state index contributed by atoms with van der Waals surface area (Å²) in [5.74, 6) is -0.112. The molecular formula is C26H36N8O3. The Balaban J connectivity index is 1.35. The van der Waals surface area contributed by atoms with E-state index in [0.29, 0.717) is 13.0 Å². The number of fused-ring (bicyclic) bond motifs is 1. The quantitative estimate of drug-likeness (QED) is 0.357. The summed E-state index contributed by atoms with van der Waals surface area (Å²) >= 11 is 0. The minimum absolute atomic E-state index is 0.000832. The maximum atomic E-state index is 13.5. The van der Waals surface area contributed by atoms with Gasteiger partial charge in [0.05, 0.1) is 18.3 Å². The van der Waals surface area contributed by atoms with Crippen LogP contribution in [-0.2, 0) is 14.4 Å². The highest BCUT2D eigenvalue weighted by Crippen LogP contribution is 2.20. The van der Waals surface area contributed by atoms with E-state index in [9.17, 15) is 14.4 Å². The van der Waals surface area contributed by atoms with Crippen LogP contribution in [0.4, 0.5) is 5.69 Å². The Bertz CT molecular complexity index is 1150. The monoisotopic (exact) mass is 508 g/mol. The first kappa shape index (κ1) is 25.2. The van der Waals surface area contributed by atoms with Crippen LogP contribution in [-0.4, -0.2) is 89.0 Å². The van der Waals surface area contributed by atoms with Crippen molar-refractivity contribution in [2.24, 2.45) is 10.9 Å². The molecule has 3 aliphatic heterocycles. The molecule has 1 aromatic heterocycles. The molecule has 198 valence electrons. The maximum absolute atomic E-state index is 13.5. The number of carbonyl (C=O) groups excluding carboxylic acids is 3. The molecule has 4 N–H and O–H groups in total. The van der Waals surface area contributed by atoms with Crippen molar-refractivity contribution in [2.75, 3.05) is 44.6 Å². The van der Waals surface area contributed by atoms with E-state index in [4.69, 9.17) is 4.99 Å². The second-order valence-electron chi connectivity index (χ2n) is 10.1. The molecule has 0 aliphatic carbocycles. The first-order valence-corrected chi connectivity index (χ1v) is 13.4. The Kier molecular flexibility index (Phi) is 7.98. The van der Waals surface area contributed by atoms with Crippen molar-refractivity contribution in [3.63, 3.8) is 0 Å². The average molecular weight is 509 g/mol. The van der Waals surface area contributed by atoms with Crippen LogP contribution in [0.5, 0.6) is 0 Å². The van der Waals surface area contributed by atoms with Gasteiger partial charge >= 0.3 is 0 Å². The lowest BCUT2D eigenvalue weighted by molar-refractivity contribution is -0.140. The molecule has 4 heterocycles. The first-order valence-electron chi connectivity index (χ1n) is 13.4. The number of hydrogen-bond acceptors (Lipinski definition) is 6. The standard InChI is InChI=1S/C26H36N8O3/c35-23(33-12-3-4-13-33)17-34-14-2-1-5-21(25(34)37)30-26(31-24(36)18-8-10-27-11-9-18)29-20-7-6-19-16-28-32-22(19)15-20/h6-7,15-16,18,21,27H,1-5,8-14,17H2,(H,28,32)(H2,29,30,31,36)/t21-/m0/s1. The molecule has 11 heteroatoms. The topological polar surface area (TPSA) is 135 Å². The number of aromatic amines is 1. The molecule has 5 rings (SSSR count). The summed E-state index contributed by atoms with van der Waals surface area (Å²) in [4.78, 5) is 47.6. The zero-order chi connectivity index (χ0) is 25.6. The van der Waals surface area contributed by atoms with Crippen LogP contribution in [0.15, 0.2) is 29.4 Å². The van der Waals surface area contributed by atoms with Crippen LogP contribution in [0.25, 0.3) is 10.9 Å². The lowest BCUT2D eigenvalue weighted by Crippen LogP contribution is -2.46. The van der Waals surface area contributed by atoms with E-state index in [1.807, 2.05) is 23.1 Å². The molecule has 0 radical (unpaired) electrons. The van der Waals surface area contributed by atoms with Crippen molar-refractivity contribution in [1.82, 2.24) is 30.6 Å². The number of anilines is 1. The fraction of sp³-hybridized carbons (Fsp3) is 0.577. The van der Waals surface area contributed by atoms with Crippen molar-refractivity contribution < 1.29 is 14.4 Å². The van der Waals surface area contributed by atoms with Crippen LogP contribution < -0.4 is 16.0 Å². The zero-order valence-electron chi connectivity index (χ0n) is 21.2. The van der Waals surface area contributed by atoms with Crippen LogP contribution in [0.2, 0.25) is 0 Å². The molecule has 2 aromatic rings. The molecule has 3 saturated heterocycles.